The molecule has 1 aliphatic heterocycles. The minimum atomic E-state index is -1.12. The van der Waals surface area contributed by atoms with Crippen molar-refractivity contribution in [3.05, 3.63) is 78.0 Å². The van der Waals surface area contributed by atoms with Crippen molar-refractivity contribution in [1.29, 1.82) is 0 Å². The zero-order valence-electron chi connectivity index (χ0n) is 16.4. The van der Waals surface area contributed by atoms with E-state index in [0.717, 1.165) is 11.1 Å². The predicted molar refractivity (Wildman–Crippen MR) is 108 cm³/mol. The molecule has 1 amide bonds. The van der Waals surface area contributed by atoms with Gasteiger partial charge in [0.2, 0.25) is 5.91 Å². The lowest BCUT2D eigenvalue weighted by molar-refractivity contribution is -0.132. The second-order valence-electron chi connectivity index (χ2n) is 7.71. The number of carbonyl (C=O) groups is 1. The van der Waals surface area contributed by atoms with E-state index in [2.05, 4.69) is 11.7 Å². The molecule has 156 valence electrons. The molecule has 0 radical (unpaired) electrons. The molecule has 7 heteroatoms. The monoisotopic (exact) mass is 413 g/mol. The minimum Gasteiger partial charge on any atom is -0.333 e. The summed E-state index contributed by atoms with van der Waals surface area (Å²) in [6, 6.07) is 9.96. The molecule has 0 spiro atoms. The van der Waals surface area contributed by atoms with Crippen molar-refractivity contribution >= 4 is 16.8 Å². The van der Waals surface area contributed by atoms with E-state index < -0.39 is 18.0 Å². The molecular weight excluding hydrogens is 391 g/mol. The molecule has 2 atom stereocenters. The maximum absolute atomic E-state index is 14.1. The van der Waals surface area contributed by atoms with E-state index in [1.807, 2.05) is 0 Å². The van der Waals surface area contributed by atoms with Gasteiger partial charge in [0.05, 0.1) is 30.8 Å². The predicted octanol–water partition coefficient (Wildman–Crippen LogP) is 4.96. The molecule has 1 aromatic heterocycles. The molecule has 1 fully saturated rings. The quantitative estimate of drug-likeness (QED) is 0.536. The van der Waals surface area contributed by atoms with E-state index in [4.69, 9.17) is 0 Å². The van der Waals surface area contributed by atoms with Gasteiger partial charge in [0.15, 0.2) is 0 Å². The highest BCUT2D eigenvalue weighted by Crippen LogP contribution is 2.34. The Bertz CT molecular complexity index is 1090. The third kappa shape index (κ3) is 4.25. The van der Waals surface area contributed by atoms with Gasteiger partial charge in [0.25, 0.3) is 0 Å². The van der Waals surface area contributed by atoms with Gasteiger partial charge in [-0.3, -0.25) is 9.48 Å². The molecule has 3 aromatic rings. The number of amides is 1. The summed E-state index contributed by atoms with van der Waals surface area (Å²) in [4.78, 5) is 14.3. The van der Waals surface area contributed by atoms with Crippen molar-refractivity contribution in [2.24, 2.45) is 0 Å². The first kappa shape index (κ1) is 20.2. The topological polar surface area (TPSA) is 38.1 Å². The molecule has 1 saturated heterocycles. The number of alkyl halides is 1. The summed E-state index contributed by atoms with van der Waals surface area (Å²) in [5.74, 6) is -0.907. The Hall–Kier alpha value is -3.09. The summed E-state index contributed by atoms with van der Waals surface area (Å²) in [7, 11) is 0. The number of benzene rings is 2. The molecule has 4 nitrogen and oxygen atoms in total. The highest BCUT2D eigenvalue weighted by atomic mass is 19.1. The molecule has 2 aromatic carbocycles. The number of nitrogens with zero attached hydrogens (tertiary/aromatic N) is 3. The van der Waals surface area contributed by atoms with Gasteiger partial charge in [-0.25, -0.2) is 13.2 Å². The standard InChI is InChI=1S/C23H22F3N3O/c1-15(13-29-21-7-6-19(25)10-17(21)12-27-29)5-8-23(30)28-14-20(26)11-22(28)16-3-2-4-18(24)9-16/h2-4,6-7,9-10,12,20,22H,1,5,8,11,13-14H2. The van der Waals surface area contributed by atoms with Crippen molar-refractivity contribution in [2.75, 3.05) is 6.54 Å². The molecule has 4 rings (SSSR count). The van der Waals surface area contributed by atoms with E-state index >= 15 is 0 Å². The van der Waals surface area contributed by atoms with Crippen LogP contribution in [0.3, 0.4) is 0 Å². The SMILES string of the molecule is C=C(CCC(=O)N1CC(F)CC1c1cccc(F)c1)Cn1ncc2cc(F)ccc21. The van der Waals surface area contributed by atoms with E-state index in [1.54, 1.807) is 29.1 Å². The molecule has 2 heterocycles. The van der Waals surface area contributed by atoms with Crippen LogP contribution in [0.5, 0.6) is 0 Å². The lowest BCUT2D eigenvalue weighted by atomic mass is 10.0. The van der Waals surface area contributed by atoms with Crippen molar-refractivity contribution in [2.45, 2.75) is 38.0 Å². The second-order valence-corrected chi connectivity index (χ2v) is 7.71. The van der Waals surface area contributed by atoms with E-state index in [9.17, 15) is 18.0 Å². The highest BCUT2D eigenvalue weighted by Gasteiger charge is 2.36. The Morgan fingerprint density at radius 2 is 1.93 bits per heavy atom. The summed E-state index contributed by atoms with van der Waals surface area (Å²) in [6.07, 6.45) is 1.25. The molecule has 30 heavy (non-hydrogen) atoms. The Morgan fingerprint density at radius 3 is 2.73 bits per heavy atom. The van der Waals surface area contributed by atoms with Gasteiger partial charge in [-0.05, 0) is 42.3 Å². The number of rotatable bonds is 6. The number of aromatic nitrogens is 2. The number of halogens is 3. The number of allylic oxidation sites excluding steroid dienone is 1. The number of fused-ring (bicyclic) bond motifs is 1. The van der Waals surface area contributed by atoms with Gasteiger partial charge in [0.1, 0.15) is 17.8 Å². The van der Waals surface area contributed by atoms with Gasteiger partial charge in [-0.1, -0.05) is 24.3 Å². The van der Waals surface area contributed by atoms with E-state index in [-0.39, 0.29) is 31.1 Å². The lowest BCUT2D eigenvalue weighted by Gasteiger charge is -2.25. The molecule has 1 aliphatic rings. The fourth-order valence-corrected chi connectivity index (χ4v) is 3.99. The average Bonchev–Trinajstić information content (AvgIpc) is 3.29. The smallest absolute Gasteiger partial charge is 0.223 e. The number of carbonyl (C=O) groups excluding carboxylic acids is 1. The first-order valence-electron chi connectivity index (χ1n) is 9.87. The summed E-state index contributed by atoms with van der Waals surface area (Å²) in [5.41, 5.74) is 2.18. The molecule has 0 aliphatic carbocycles. The Kier molecular flexibility index (Phi) is 5.61. The van der Waals surface area contributed by atoms with Crippen LogP contribution in [0, 0.1) is 11.6 Å². The molecule has 0 saturated carbocycles. The van der Waals surface area contributed by atoms with Crippen LogP contribution in [0.1, 0.15) is 30.9 Å². The number of likely N-dealkylation sites (tertiary alicyclic amines) is 1. The minimum absolute atomic E-state index is 0.0157. The van der Waals surface area contributed by atoms with Crippen LogP contribution in [0.25, 0.3) is 10.9 Å². The first-order valence-corrected chi connectivity index (χ1v) is 9.87. The molecule has 2 unspecified atom stereocenters. The van der Waals surface area contributed by atoms with Gasteiger partial charge in [0, 0.05) is 18.2 Å². The van der Waals surface area contributed by atoms with E-state index in [0.29, 0.717) is 23.9 Å². The van der Waals surface area contributed by atoms with Crippen LogP contribution < -0.4 is 0 Å². The zero-order chi connectivity index (χ0) is 21.3. The fraction of sp³-hybridized carbons (Fsp3) is 0.304. The second kappa shape index (κ2) is 8.34. The van der Waals surface area contributed by atoms with Gasteiger partial charge >= 0.3 is 0 Å². The van der Waals surface area contributed by atoms with Crippen LogP contribution in [0.4, 0.5) is 13.2 Å². The average molecular weight is 413 g/mol. The summed E-state index contributed by atoms with van der Waals surface area (Å²) in [5, 5.41) is 4.96. The molecular formula is C23H22F3N3O. The van der Waals surface area contributed by atoms with Crippen LogP contribution in [-0.2, 0) is 11.3 Å². The maximum atomic E-state index is 14.1. The van der Waals surface area contributed by atoms with Crippen molar-refractivity contribution in [3.8, 4) is 0 Å². The third-order valence-electron chi connectivity index (χ3n) is 5.47. The lowest BCUT2D eigenvalue weighted by Crippen LogP contribution is -2.31. The molecule has 0 bridgehead atoms. The van der Waals surface area contributed by atoms with Gasteiger partial charge < -0.3 is 4.90 Å². The Balaban J connectivity index is 1.38. The van der Waals surface area contributed by atoms with Crippen LogP contribution in [0.15, 0.2) is 60.8 Å². The van der Waals surface area contributed by atoms with Crippen LogP contribution in [0.2, 0.25) is 0 Å². The first-order chi connectivity index (χ1) is 14.4. The Morgan fingerprint density at radius 1 is 1.13 bits per heavy atom. The Labute approximate surface area is 172 Å². The largest absolute Gasteiger partial charge is 0.333 e. The third-order valence-corrected chi connectivity index (χ3v) is 5.47. The van der Waals surface area contributed by atoms with Crippen molar-refractivity contribution in [1.82, 2.24) is 14.7 Å². The van der Waals surface area contributed by atoms with E-state index in [1.165, 1.54) is 29.2 Å². The van der Waals surface area contributed by atoms with Gasteiger partial charge in [-0.15, -0.1) is 0 Å². The van der Waals surface area contributed by atoms with Crippen LogP contribution in [-0.4, -0.2) is 33.3 Å². The molecule has 0 N–H and O–H groups in total. The number of hydrogen-bond acceptors (Lipinski definition) is 2. The highest BCUT2D eigenvalue weighted by molar-refractivity contribution is 5.79. The summed E-state index contributed by atoms with van der Waals surface area (Å²) >= 11 is 0. The van der Waals surface area contributed by atoms with Crippen molar-refractivity contribution < 1.29 is 18.0 Å². The van der Waals surface area contributed by atoms with Crippen molar-refractivity contribution in [3.63, 3.8) is 0 Å². The number of hydrogen-bond donors (Lipinski definition) is 0. The zero-order valence-corrected chi connectivity index (χ0v) is 16.4. The van der Waals surface area contributed by atoms with Crippen LogP contribution >= 0.6 is 0 Å². The maximum Gasteiger partial charge on any atom is 0.223 e. The van der Waals surface area contributed by atoms with Gasteiger partial charge in [-0.2, -0.15) is 5.10 Å². The summed E-state index contributed by atoms with van der Waals surface area (Å²) in [6.45, 7) is 4.45. The summed E-state index contributed by atoms with van der Waals surface area (Å²) < 4.78 is 42.7. The normalized spacial score (nSPS) is 18.8. The fourth-order valence-electron chi connectivity index (χ4n) is 3.99.